The predicted molar refractivity (Wildman–Crippen MR) is 57.5 cm³/mol. The lowest BCUT2D eigenvalue weighted by atomic mass is 10.1. The summed E-state index contributed by atoms with van der Waals surface area (Å²) in [4.78, 5) is 10.2. The second-order valence-corrected chi connectivity index (χ2v) is 4.44. The standard InChI is InChI=1S/C11H13FN2O2/c1-11(4-5-11)13-7-8-6-9(12)2-3-10(8)14(15)16/h2-3,6,13H,4-5,7H2,1H3. The van der Waals surface area contributed by atoms with E-state index in [4.69, 9.17) is 0 Å². The molecule has 1 aromatic rings. The SMILES string of the molecule is CC1(NCc2cc(F)ccc2[N+](=O)[O-])CC1. The lowest BCUT2D eigenvalue weighted by Crippen LogP contribution is -2.27. The van der Waals surface area contributed by atoms with E-state index < -0.39 is 10.7 Å². The fraction of sp³-hybridized carbons (Fsp3) is 0.455. The summed E-state index contributed by atoms with van der Waals surface area (Å²) < 4.78 is 13.0. The summed E-state index contributed by atoms with van der Waals surface area (Å²) >= 11 is 0. The van der Waals surface area contributed by atoms with E-state index in [1.165, 1.54) is 12.1 Å². The fourth-order valence-electron chi connectivity index (χ4n) is 1.55. The Hall–Kier alpha value is -1.49. The molecule has 0 atom stereocenters. The maximum atomic E-state index is 13.0. The molecular weight excluding hydrogens is 211 g/mol. The van der Waals surface area contributed by atoms with Gasteiger partial charge in [0.25, 0.3) is 5.69 Å². The first kappa shape index (κ1) is 11.0. The predicted octanol–water partition coefficient (Wildman–Crippen LogP) is 2.38. The molecular formula is C11H13FN2O2. The van der Waals surface area contributed by atoms with Crippen molar-refractivity contribution < 1.29 is 9.31 Å². The van der Waals surface area contributed by atoms with Gasteiger partial charge in [0, 0.05) is 23.7 Å². The van der Waals surface area contributed by atoms with E-state index in [1.807, 2.05) is 0 Å². The molecule has 0 radical (unpaired) electrons. The van der Waals surface area contributed by atoms with Crippen molar-refractivity contribution in [3.8, 4) is 0 Å². The third kappa shape index (κ3) is 2.36. The van der Waals surface area contributed by atoms with Crippen LogP contribution in [0.2, 0.25) is 0 Å². The minimum Gasteiger partial charge on any atom is -0.307 e. The number of hydrogen-bond acceptors (Lipinski definition) is 3. The Kier molecular flexibility index (Phi) is 2.63. The van der Waals surface area contributed by atoms with Crippen molar-refractivity contribution in [3.63, 3.8) is 0 Å². The molecule has 0 spiro atoms. The molecule has 0 unspecified atom stereocenters. The Morgan fingerprint density at radius 2 is 2.25 bits per heavy atom. The van der Waals surface area contributed by atoms with Crippen molar-refractivity contribution in [1.82, 2.24) is 5.32 Å². The van der Waals surface area contributed by atoms with Gasteiger partial charge >= 0.3 is 0 Å². The third-order valence-corrected chi connectivity index (χ3v) is 2.94. The molecule has 0 aliphatic heterocycles. The van der Waals surface area contributed by atoms with E-state index in [1.54, 1.807) is 0 Å². The van der Waals surface area contributed by atoms with E-state index in [-0.39, 0.29) is 11.2 Å². The minimum atomic E-state index is -0.480. The molecule has 0 amide bonds. The van der Waals surface area contributed by atoms with E-state index in [0.29, 0.717) is 12.1 Å². The number of nitrogens with one attached hydrogen (secondary N) is 1. The topological polar surface area (TPSA) is 55.2 Å². The molecule has 1 aromatic carbocycles. The van der Waals surface area contributed by atoms with Crippen LogP contribution in [0.1, 0.15) is 25.3 Å². The fourth-order valence-corrected chi connectivity index (χ4v) is 1.55. The molecule has 1 N–H and O–H groups in total. The quantitative estimate of drug-likeness (QED) is 0.631. The third-order valence-electron chi connectivity index (χ3n) is 2.94. The zero-order valence-electron chi connectivity index (χ0n) is 9.00. The van der Waals surface area contributed by atoms with Crippen LogP contribution < -0.4 is 5.32 Å². The molecule has 1 fully saturated rings. The molecule has 86 valence electrons. The molecule has 1 saturated carbocycles. The van der Waals surface area contributed by atoms with Gasteiger partial charge in [-0.3, -0.25) is 10.1 Å². The zero-order valence-corrected chi connectivity index (χ0v) is 9.00. The Labute approximate surface area is 92.6 Å². The second-order valence-electron chi connectivity index (χ2n) is 4.44. The Morgan fingerprint density at radius 3 is 2.81 bits per heavy atom. The van der Waals surface area contributed by atoms with Gasteiger partial charge in [-0.15, -0.1) is 0 Å². The number of nitrogens with zero attached hydrogens (tertiary/aromatic N) is 1. The Morgan fingerprint density at radius 1 is 1.56 bits per heavy atom. The Bertz CT molecular complexity index is 430. The molecule has 2 rings (SSSR count). The maximum Gasteiger partial charge on any atom is 0.274 e. The van der Waals surface area contributed by atoms with Gasteiger partial charge in [-0.2, -0.15) is 0 Å². The van der Waals surface area contributed by atoms with Crippen LogP contribution in [0, 0.1) is 15.9 Å². The highest BCUT2D eigenvalue weighted by atomic mass is 19.1. The maximum absolute atomic E-state index is 13.0. The van der Waals surface area contributed by atoms with Crippen LogP contribution in [-0.4, -0.2) is 10.5 Å². The number of nitro benzene ring substituents is 1. The van der Waals surface area contributed by atoms with Gasteiger partial charge < -0.3 is 5.32 Å². The van der Waals surface area contributed by atoms with Crippen LogP contribution in [0.25, 0.3) is 0 Å². The van der Waals surface area contributed by atoms with Crippen molar-refractivity contribution in [2.75, 3.05) is 0 Å². The van der Waals surface area contributed by atoms with Gasteiger partial charge in [-0.1, -0.05) is 0 Å². The summed E-state index contributed by atoms with van der Waals surface area (Å²) in [5.41, 5.74) is 0.455. The molecule has 0 bridgehead atoms. The molecule has 0 aromatic heterocycles. The average molecular weight is 224 g/mol. The van der Waals surface area contributed by atoms with Crippen LogP contribution >= 0.6 is 0 Å². The van der Waals surface area contributed by atoms with Crippen LogP contribution in [0.4, 0.5) is 10.1 Å². The van der Waals surface area contributed by atoms with E-state index in [9.17, 15) is 14.5 Å². The monoisotopic (exact) mass is 224 g/mol. The van der Waals surface area contributed by atoms with Gasteiger partial charge in [0.15, 0.2) is 0 Å². The summed E-state index contributed by atoms with van der Waals surface area (Å²) in [7, 11) is 0. The first-order valence-corrected chi connectivity index (χ1v) is 5.18. The smallest absolute Gasteiger partial charge is 0.274 e. The summed E-state index contributed by atoms with van der Waals surface area (Å²) in [6.45, 7) is 2.39. The lowest BCUT2D eigenvalue weighted by Gasteiger charge is -2.11. The second kappa shape index (κ2) is 3.83. The largest absolute Gasteiger partial charge is 0.307 e. The van der Waals surface area contributed by atoms with Crippen LogP contribution in [-0.2, 0) is 6.54 Å². The average Bonchev–Trinajstić information content (AvgIpc) is 2.94. The van der Waals surface area contributed by atoms with E-state index >= 15 is 0 Å². The van der Waals surface area contributed by atoms with Gasteiger partial charge in [-0.05, 0) is 31.9 Å². The summed E-state index contributed by atoms with van der Waals surface area (Å²) in [5.74, 6) is -0.441. The van der Waals surface area contributed by atoms with Gasteiger partial charge in [0.1, 0.15) is 5.82 Å². The molecule has 0 heterocycles. The number of rotatable bonds is 4. The normalized spacial score (nSPS) is 17.1. The highest BCUT2D eigenvalue weighted by Gasteiger charge is 2.36. The molecule has 0 saturated heterocycles. The van der Waals surface area contributed by atoms with Gasteiger partial charge in [-0.25, -0.2) is 4.39 Å². The van der Waals surface area contributed by atoms with Crippen LogP contribution in [0.5, 0.6) is 0 Å². The van der Waals surface area contributed by atoms with Crippen LogP contribution in [0.3, 0.4) is 0 Å². The molecule has 1 aliphatic carbocycles. The van der Waals surface area contributed by atoms with Gasteiger partial charge in [0.05, 0.1) is 4.92 Å². The summed E-state index contributed by atoms with van der Waals surface area (Å²) in [6.07, 6.45) is 2.13. The molecule has 1 aliphatic rings. The number of benzene rings is 1. The van der Waals surface area contributed by atoms with Gasteiger partial charge in [0.2, 0.25) is 0 Å². The first-order valence-electron chi connectivity index (χ1n) is 5.18. The summed E-state index contributed by atoms with van der Waals surface area (Å²) in [6, 6.07) is 3.54. The van der Waals surface area contributed by atoms with E-state index in [2.05, 4.69) is 12.2 Å². The molecule has 4 nitrogen and oxygen atoms in total. The van der Waals surface area contributed by atoms with Crippen molar-refractivity contribution in [3.05, 3.63) is 39.7 Å². The number of halogens is 1. The van der Waals surface area contributed by atoms with E-state index in [0.717, 1.165) is 18.9 Å². The zero-order chi connectivity index (χ0) is 11.8. The first-order chi connectivity index (χ1) is 7.50. The molecule has 16 heavy (non-hydrogen) atoms. The van der Waals surface area contributed by atoms with Crippen molar-refractivity contribution in [1.29, 1.82) is 0 Å². The molecule has 5 heteroatoms. The Balaban J connectivity index is 2.16. The van der Waals surface area contributed by atoms with Crippen molar-refractivity contribution in [2.24, 2.45) is 0 Å². The van der Waals surface area contributed by atoms with Crippen LogP contribution in [0.15, 0.2) is 18.2 Å². The summed E-state index contributed by atoms with van der Waals surface area (Å²) in [5, 5.41) is 13.9. The van der Waals surface area contributed by atoms with Crippen molar-refractivity contribution in [2.45, 2.75) is 31.8 Å². The number of nitro groups is 1. The highest BCUT2D eigenvalue weighted by Crippen LogP contribution is 2.35. The number of hydrogen-bond donors (Lipinski definition) is 1. The van der Waals surface area contributed by atoms with Crippen molar-refractivity contribution >= 4 is 5.69 Å². The minimum absolute atomic E-state index is 0.0295. The highest BCUT2D eigenvalue weighted by molar-refractivity contribution is 5.40. The lowest BCUT2D eigenvalue weighted by molar-refractivity contribution is -0.385.